The van der Waals surface area contributed by atoms with Gasteiger partial charge in [0, 0.05) is 0 Å². The van der Waals surface area contributed by atoms with E-state index in [1.165, 1.54) is 30.1 Å². The van der Waals surface area contributed by atoms with Gasteiger partial charge in [-0.3, -0.25) is 0 Å². The minimum atomic E-state index is 0.169. The second-order valence-electron chi connectivity index (χ2n) is 11.6. The van der Waals surface area contributed by atoms with Gasteiger partial charge in [-0.05, 0) is 6.07 Å². The zero-order valence-electron chi connectivity index (χ0n) is 24.4. The molecule has 0 aliphatic rings. The summed E-state index contributed by atoms with van der Waals surface area (Å²) in [6.45, 7) is 0. The van der Waals surface area contributed by atoms with E-state index in [2.05, 4.69) is 109 Å². The number of aromatic nitrogens is 3. The summed E-state index contributed by atoms with van der Waals surface area (Å²) in [7, 11) is 0. The molecule has 214 valence electrons. The molecule has 0 fully saturated rings. The van der Waals surface area contributed by atoms with Crippen LogP contribution in [0.1, 0.15) is 0 Å². The van der Waals surface area contributed by atoms with E-state index in [1.807, 2.05) is 30.3 Å². The fraction of sp³-hybridized carbons (Fsp3) is 0. The summed E-state index contributed by atoms with van der Waals surface area (Å²) in [5.41, 5.74) is 4.78. The Kier molecular flexibility index (Phi) is 5.56. The van der Waals surface area contributed by atoms with E-state index >= 15 is 0 Å². The number of para-hydroxylation sites is 1. The third kappa shape index (κ3) is 3.83. The van der Waals surface area contributed by atoms with E-state index in [0.29, 0.717) is 17.5 Å². The predicted octanol–water partition coefficient (Wildman–Crippen LogP) is 10.4. The predicted molar refractivity (Wildman–Crippen MR) is 190 cm³/mol. The number of nitrogens with zero attached hydrogens (tertiary/aromatic N) is 3. The minimum absolute atomic E-state index is 0.169. The Bertz CT molecular complexity index is 2820. The van der Waals surface area contributed by atoms with Crippen LogP contribution in [0.4, 0.5) is 0 Å². The average Bonchev–Trinajstić information content (AvgIpc) is 3.71. The van der Waals surface area contributed by atoms with E-state index in [0.717, 1.165) is 49.4 Å². The summed E-state index contributed by atoms with van der Waals surface area (Å²) in [4.78, 5) is 15.4. The summed E-state index contributed by atoms with van der Waals surface area (Å²) < 4.78 is 9.22. The van der Waals surface area contributed by atoms with Crippen LogP contribution >= 0.6 is 0 Å². The van der Waals surface area contributed by atoms with Crippen LogP contribution in [0.5, 0.6) is 0 Å². The molecule has 0 saturated carbocycles. The Morgan fingerprint density at radius 3 is 1.98 bits per heavy atom. The molecule has 0 atom stereocenters. The fourth-order valence-corrected chi connectivity index (χ4v) is 9.35. The van der Waals surface area contributed by atoms with E-state index < -0.39 is 0 Å². The first kappa shape index (κ1) is 25.7. The second-order valence-corrected chi connectivity index (χ2v) is 13.8. The van der Waals surface area contributed by atoms with Crippen LogP contribution in [-0.2, 0) is 0 Å². The van der Waals surface area contributed by atoms with Gasteiger partial charge in [0.25, 0.3) is 0 Å². The van der Waals surface area contributed by atoms with Crippen molar-refractivity contribution in [2.45, 2.75) is 0 Å². The summed E-state index contributed by atoms with van der Waals surface area (Å²) >= 11 is 0.169. The van der Waals surface area contributed by atoms with Crippen LogP contribution in [0.25, 0.3) is 96.9 Å². The Morgan fingerprint density at radius 2 is 1.11 bits per heavy atom. The van der Waals surface area contributed by atoms with Crippen molar-refractivity contribution in [3.8, 4) is 34.2 Å². The fourth-order valence-electron chi connectivity index (χ4n) is 6.81. The van der Waals surface area contributed by atoms with Gasteiger partial charge in [-0.15, -0.1) is 0 Å². The van der Waals surface area contributed by atoms with Crippen molar-refractivity contribution in [3.05, 3.63) is 140 Å². The van der Waals surface area contributed by atoms with Crippen molar-refractivity contribution < 1.29 is 4.42 Å². The van der Waals surface area contributed by atoms with Crippen molar-refractivity contribution in [2.24, 2.45) is 0 Å². The number of rotatable bonds is 3. The number of hydrogen-bond donors (Lipinski definition) is 0. The molecule has 0 N–H and O–H groups in total. The molecule has 10 aromatic rings. The molecule has 0 bridgehead atoms. The Hall–Kier alpha value is -5.61. The quantitative estimate of drug-likeness (QED) is 0.141. The van der Waals surface area contributed by atoms with Crippen LogP contribution in [0.2, 0.25) is 0 Å². The standard InChI is InChI=1S/C41H23N3OSe/c1-2-11-24(12-3-1)39-42-40(44-41(43-39)32-18-10-17-30-27-14-7-9-20-35(27)46-38(30)32)25-21-22-29-33(23-25)26-13-4-5-15-28(26)36-31-16-6-8-19-34(31)45-37(29)36/h1-23H. The van der Waals surface area contributed by atoms with E-state index in [-0.39, 0.29) is 14.5 Å². The normalized spacial score (nSPS) is 11.9. The molecule has 0 aliphatic heterocycles. The topological polar surface area (TPSA) is 51.8 Å². The third-order valence-corrected chi connectivity index (χ3v) is 11.5. The summed E-state index contributed by atoms with van der Waals surface area (Å²) in [6, 6.07) is 48.8. The zero-order chi connectivity index (χ0) is 30.2. The molecule has 0 unspecified atom stereocenters. The molecule has 10 rings (SSSR count). The number of fused-ring (bicyclic) bond motifs is 11. The van der Waals surface area contributed by atoms with E-state index in [9.17, 15) is 0 Å². The Morgan fingerprint density at radius 1 is 0.435 bits per heavy atom. The van der Waals surface area contributed by atoms with Crippen LogP contribution in [0, 0.1) is 0 Å². The molecule has 0 radical (unpaired) electrons. The number of hydrogen-bond acceptors (Lipinski definition) is 4. The maximum absolute atomic E-state index is 6.50. The zero-order valence-corrected chi connectivity index (χ0v) is 26.2. The van der Waals surface area contributed by atoms with Crippen LogP contribution in [0.15, 0.2) is 144 Å². The first-order valence-corrected chi connectivity index (χ1v) is 17.0. The van der Waals surface area contributed by atoms with Gasteiger partial charge in [-0.25, -0.2) is 0 Å². The molecule has 0 amide bonds. The van der Waals surface area contributed by atoms with Gasteiger partial charge in [0.05, 0.1) is 0 Å². The molecular weight excluding hydrogens is 629 g/mol. The summed E-state index contributed by atoms with van der Waals surface area (Å²) in [6.07, 6.45) is 0. The van der Waals surface area contributed by atoms with Crippen molar-refractivity contribution in [3.63, 3.8) is 0 Å². The molecule has 5 heteroatoms. The van der Waals surface area contributed by atoms with Gasteiger partial charge in [0.15, 0.2) is 0 Å². The van der Waals surface area contributed by atoms with Crippen molar-refractivity contribution in [1.82, 2.24) is 15.0 Å². The molecular formula is C41H23N3OSe. The number of benzene rings is 7. The Labute approximate surface area is 269 Å². The van der Waals surface area contributed by atoms with Gasteiger partial charge in [-0.2, -0.15) is 0 Å². The van der Waals surface area contributed by atoms with Crippen molar-refractivity contribution in [2.75, 3.05) is 0 Å². The SMILES string of the molecule is c1ccc(-c2nc(-c3ccc4c(c3)c3ccccc3c3c5ccccc5oc43)nc(-c3cccc4c3[se]c3ccccc34)n2)cc1. The van der Waals surface area contributed by atoms with Crippen LogP contribution < -0.4 is 0 Å². The molecule has 0 aliphatic carbocycles. The van der Waals surface area contributed by atoms with Crippen LogP contribution in [0.3, 0.4) is 0 Å². The monoisotopic (exact) mass is 653 g/mol. The first-order valence-electron chi connectivity index (χ1n) is 15.3. The molecule has 3 heterocycles. The van der Waals surface area contributed by atoms with Gasteiger partial charge >= 0.3 is 246 Å². The third-order valence-electron chi connectivity index (χ3n) is 8.92. The molecule has 0 saturated heterocycles. The van der Waals surface area contributed by atoms with E-state index in [1.54, 1.807) is 0 Å². The van der Waals surface area contributed by atoms with E-state index in [4.69, 9.17) is 19.4 Å². The van der Waals surface area contributed by atoms with Gasteiger partial charge in [0.2, 0.25) is 0 Å². The summed E-state index contributed by atoms with van der Waals surface area (Å²) in [5.74, 6) is 2.02. The second kappa shape index (κ2) is 9.95. The molecule has 3 aromatic heterocycles. The van der Waals surface area contributed by atoms with Gasteiger partial charge in [-0.1, -0.05) is 18.2 Å². The van der Waals surface area contributed by atoms with Gasteiger partial charge in [0.1, 0.15) is 0 Å². The van der Waals surface area contributed by atoms with Crippen molar-refractivity contribution >= 4 is 77.3 Å². The molecule has 7 aromatic carbocycles. The Balaban J connectivity index is 1.25. The molecule has 0 spiro atoms. The average molecular weight is 653 g/mol. The maximum atomic E-state index is 6.50. The van der Waals surface area contributed by atoms with Crippen molar-refractivity contribution in [1.29, 1.82) is 0 Å². The first-order chi connectivity index (χ1) is 22.8. The number of furan rings is 1. The summed E-state index contributed by atoms with van der Waals surface area (Å²) in [5, 5.41) is 9.43. The molecule has 46 heavy (non-hydrogen) atoms. The van der Waals surface area contributed by atoms with Crippen LogP contribution in [-0.4, -0.2) is 29.5 Å². The molecule has 4 nitrogen and oxygen atoms in total. The van der Waals surface area contributed by atoms with Gasteiger partial charge < -0.3 is 0 Å².